The van der Waals surface area contributed by atoms with E-state index in [4.69, 9.17) is 0 Å². The third-order valence-corrected chi connectivity index (χ3v) is 8.33. The van der Waals surface area contributed by atoms with Gasteiger partial charge in [-0.1, -0.05) is 52.9 Å². The van der Waals surface area contributed by atoms with Crippen LogP contribution in [0.4, 0.5) is 0 Å². The van der Waals surface area contributed by atoms with Crippen LogP contribution >= 0.6 is 0 Å². The average molecular weight is 291 g/mol. The summed E-state index contributed by atoms with van der Waals surface area (Å²) in [5.74, 6) is 3.14. The van der Waals surface area contributed by atoms with Crippen LogP contribution in [0.1, 0.15) is 104 Å². The highest BCUT2D eigenvalue weighted by Gasteiger charge is 2.46. The highest BCUT2D eigenvalue weighted by atomic mass is 14.5. The van der Waals surface area contributed by atoms with E-state index in [0.717, 1.165) is 17.8 Å². The van der Waals surface area contributed by atoms with Crippen LogP contribution in [-0.2, 0) is 0 Å². The van der Waals surface area contributed by atoms with Gasteiger partial charge in [0.2, 0.25) is 0 Å². The molecule has 0 aliphatic heterocycles. The molecular weight excluding hydrogens is 252 g/mol. The van der Waals surface area contributed by atoms with Gasteiger partial charge in [-0.3, -0.25) is 0 Å². The van der Waals surface area contributed by atoms with Gasteiger partial charge in [-0.25, -0.2) is 0 Å². The second-order valence-corrected chi connectivity index (χ2v) is 9.27. The minimum atomic E-state index is 0.687. The molecule has 122 valence electrons. The summed E-state index contributed by atoms with van der Waals surface area (Å²) >= 11 is 0. The fraction of sp³-hybridized carbons (Fsp3) is 1.00. The Morgan fingerprint density at radius 2 is 1.57 bits per heavy atom. The summed E-state index contributed by atoms with van der Waals surface area (Å²) in [7, 11) is 0. The lowest BCUT2D eigenvalue weighted by Gasteiger charge is -2.51. The van der Waals surface area contributed by atoms with Crippen LogP contribution in [0, 0.1) is 28.6 Å². The Morgan fingerprint density at radius 1 is 0.810 bits per heavy atom. The van der Waals surface area contributed by atoms with Gasteiger partial charge in [0.05, 0.1) is 0 Å². The van der Waals surface area contributed by atoms with Crippen LogP contribution in [0.15, 0.2) is 0 Å². The zero-order chi connectivity index (χ0) is 14.9. The fourth-order valence-electron chi connectivity index (χ4n) is 6.69. The molecule has 2 unspecified atom stereocenters. The monoisotopic (exact) mass is 290 g/mol. The highest BCUT2D eigenvalue weighted by molar-refractivity contribution is 4.96. The van der Waals surface area contributed by atoms with Crippen molar-refractivity contribution in [3.8, 4) is 0 Å². The Kier molecular flexibility index (Phi) is 4.72. The van der Waals surface area contributed by atoms with Crippen LogP contribution in [0.2, 0.25) is 0 Å². The van der Waals surface area contributed by atoms with Crippen LogP contribution in [0.5, 0.6) is 0 Å². The minimum absolute atomic E-state index is 0.687. The lowest BCUT2D eigenvalue weighted by molar-refractivity contribution is -0.0102. The van der Waals surface area contributed by atoms with Crippen molar-refractivity contribution in [1.29, 1.82) is 0 Å². The van der Waals surface area contributed by atoms with E-state index in [1.807, 2.05) is 0 Å². The summed E-state index contributed by atoms with van der Waals surface area (Å²) in [6.45, 7) is 7.72. The summed E-state index contributed by atoms with van der Waals surface area (Å²) < 4.78 is 0. The molecule has 3 aliphatic carbocycles. The summed E-state index contributed by atoms with van der Waals surface area (Å²) in [6, 6.07) is 0. The van der Waals surface area contributed by atoms with Gasteiger partial charge in [0.15, 0.2) is 0 Å². The summed E-state index contributed by atoms with van der Waals surface area (Å²) in [5, 5.41) is 0. The predicted octanol–water partition coefficient (Wildman–Crippen LogP) is 6.98. The maximum atomic E-state index is 2.68. The maximum absolute atomic E-state index is 2.68. The molecule has 0 aromatic heterocycles. The van der Waals surface area contributed by atoms with E-state index in [9.17, 15) is 0 Å². The SMILES string of the molecule is CC[C@H]1CCC[C@]1(C)CCC1CCCC2CCCC[C@@]21C. The van der Waals surface area contributed by atoms with E-state index in [2.05, 4.69) is 20.8 Å². The second-order valence-electron chi connectivity index (χ2n) is 9.27. The molecule has 5 atom stereocenters. The number of hydrogen-bond acceptors (Lipinski definition) is 0. The highest BCUT2D eigenvalue weighted by Crippen LogP contribution is 2.56. The number of hydrogen-bond donors (Lipinski definition) is 0. The van der Waals surface area contributed by atoms with Crippen molar-refractivity contribution in [3.63, 3.8) is 0 Å². The maximum Gasteiger partial charge on any atom is -0.0269 e. The molecule has 0 amide bonds. The average Bonchev–Trinajstić information content (AvgIpc) is 2.86. The smallest absolute Gasteiger partial charge is 0.0269 e. The molecule has 0 nitrogen and oxygen atoms in total. The largest absolute Gasteiger partial charge is 0.0651 e. The van der Waals surface area contributed by atoms with Crippen molar-refractivity contribution in [3.05, 3.63) is 0 Å². The lowest BCUT2D eigenvalue weighted by Crippen LogP contribution is -2.41. The first kappa shape index (κ1) is 15.9. The molecule has 0 heteroatoms. The fourth-order valence-corrected chi connectivity index (χ4v) is 6.69. The molecule has 3 rings (SSSR count). The zero-order valence-corrected chi connectivity index (χ0v) is 14.9. The summed E-state index contributed by atoms with van der Waals surface area (Å²) in [5.41, 5.74) is 1.40. The molecule has 0 N–H and O–H groups in total. The van der Waals surface area contributed by atoms with Crippen molar-refractivity contribution in [2.45, 2.75) is 104 Å². The first-order chi connectivity index (χ1) is 10.1. The summed E-state index contributed by atoms with van der Waals surface area (Å²) in [4.78, 5) is 0. The van der Waals surface area contributed by atoms with Gasteiger partial charge < -0.3 is 0 Å². The Morgan fingerprint density at radius 3 is 2.38 bits per heavy atom. The van der Waals surface area contributed by atoms with Crippen LogP contribution in [0.3, 0.4) is 0 Å². The van der Waals surface area contributed by atoms with E-state index in [-0.39, 0.29) is 0 Å². The molecule has 0 aromatic carbocycles. The molecule has 0 spiro atoms. The molecular formula is C21H38. The van der Waals surface area contributed by atoms with E-state index in [1.165, 1.54) is 57.8 Å². The molecule has 3 saturated carbocycles. The Bertz CT molecular complexity index is 344. The first-order valence-electron chi connectivity index (χ1n) is 10.1. The third-order valence-electron chi connectivity index (χ3n) is 8.33. The van der Waals surface area contributed by atoms with Crippen molar-refractivity contribution >= 4 is 0 Å². The van der Waals surface area contributed by atoms with Gasteiger partial charge in [-0.2, -0.15) is 0 Å². The molecule has 0 bridgehead atoms. The number of fused-ring (bicyclic) bond motifs is 1. The van der Waals surface area contributed by atoms with E-state index in [1.54, 1.807) is 25.7 Å². The van der Waals surface area contributed by atoms with Crippen LogP contribution in [-0.4, -0.2) is 0 Å². The molecule has 21 heavy (non-hydrogen) atoms. The molecule has 0 heterocycles. The van der Waals surface area contributed by atoms with E-state index < -0.39 is 0 Å². The second kappa shape index (κ2) is 6.25. The first-order valence-corrected chi connectivity index (χ1v) is 10.1. The minimum Gasteiger partial charge on any atom is -0.0651 e. The Balaban J connectivity index is 1.64. The summed E-state index contributed by atoms with van der Waals surface area (Å²) in [6.07, 6.45) is 19.7. The van der Waals surface area contributed by atoms with Gasteiger partial charge in [-0.05, 0) is 80.0 Å². The van der Waals surface area contributed by atoms with Gasteiger partial charge in [0, 0.05) is 0 Å². The zero-order valence-electron chi connectivity index (χ0n) is 14.9. The van der Waals surface area contributed by atoms with Gasteiger partial charge in [0.1, 0.15) is 0 Å². The lowest BCUT2D eigenvalue weighted by atomic mass is 9.54. The normalized spacial score (nSPS) is 47.3. The third kappa shape index (κ3) is 2.93. The molecule has 3 fully saturated rings. The Labute approximate surface area is 133 Å². The van der Waals surface area contributed by atoms with Gasteiger partial charge in [-0.15, -0.1) is 0 Å². The van der Waals surface area contributed by atoms with Crippen molar-refractivity contribution in [2.75, 3.05) is 0 Å². The topological polar surface area (TPSA) is 0 Å². The quantitative estimate of drug-likeness (QED) is 0.524. The molecule has 0 saturated heterocycles. The standard InChI is InChI=1S/C21H38/c1-4-17-12-8-14-20(17,2)16-13-19-11-7-10-18-9-5-6-15-21(18,19)3/h17-19H,4-16H2,1-3H3/t17-,18?,19?,20+,21-/m0/s1. The molecule has 0 radical (unpaired) electrons. The van der Waals surface area contributed by atoms with Crippen LogP contribution in [0.25, 0.3) is 0 Å². The number of rotatable bonds is 4. The van der Waals surface area contributed by atoms with E-state index in [0.29, 0.717) is 10.8 Å². The van der Waals surface area contributed by atoms with Gasteiger partial charge >= 0.3 is 0 Å². The van der Waals surface area contributed by atoms with E-state index >= 15 is 0 Å². The van der Waals surface area contributed by atoms with Crippen molar-refractivity contribution < 1.29 is 0 Å². The van der Waals surface area contributed by atoms with Crippen molar-refractivity contribution in [1.82, 2.24) is 0 Å². The van der Waals surface area contributed by atoms with Crippen molar-refractivity contribution in [2.24, 2.45) is 28.6 Å². The van der Waals surface area contributed by atoms with Crippen LogP contribution < -0.4 is 0 Å². The predicted molar refractivity (Wildman–Crippen MR) is 92.4 cm³/mol. The Hall–Kier alpha value is 0. The molecule has 0 aromatic rings. The molecule has 3 aliphatic rings. The van der Waals surface area contributed by atoms with Gasteiger partial charge in [0.25, 0.3) is 0 Å².